The molecule has 0 unspecified atom stereocenters. The first-order valence-electron chi connectivity index (χ1n) is 10.1. The maximum Gasteiger partial charge on any atom is 0.417 e. The lowest BCUT2D eigenvalue weighted by Gasteiger charge is -2.17. The van der Waals surface area contributed by atoms with Gasteiger partial charge in [0, 0.05) is 14.9 Å². The van der Waals surface area contributed by atoms with Crippen LogP contribution in [0.3, 0.4) is 0 Å². The summed E-state index contributed by atoms with van der Waals surface area (Å²) in [5.41, 5.74) is -1.34. The number of phenolic OH excluding ortho intramolecular Hbond substituents is 1. The third-order valence-corrected chi connectivity index (χ3v) is 7.12. The van der Waals surface area contributed by atoms with Crippen molar-refractivity contribution in [3.05, 3.63) is 97.3 Å². The highest BCUT2D eigenvalue weighted by Crippen LogP contribution is 2.39. The summed E-state index contributed by atoms with van der Waals surface area (Å²) in [6.07, 6.45) is -4.90. The minimum absolute atomic E-state index is 0.0000214. The Labute approximate surface area is 212 Å². The van der Waals surface area contributed by atoms with E-state index in [-0.39, 0.29) is 23.0 Å². The number of alkyl halides is 3. The Balaban J connectivity index is 1.94. The van der Waals surface area contributed by atoms with Crippen molar-refractivity contribution >= 4 is 34.5 Å². The topological polar surface area (TPSA) is 66.0 Å². The highest BCUT2D eigenvalue weighted by Gasteiger charge is 2.36. The third-order valence-electron chi connectivity index (χ3n) is 5.39. The number of pyridine rings is 1. The first-order chi connectivity index (χ1) is 16.5. The minimum atomic E-state index is -4.90. The molecule has 4 aromatic rings. The van der Waals surface area contributed by atoms with Gasteiger partial charge in [0.05, 0.1) is 22.7 Å². The average molecular weight is 535 g/mol. The van der Waals surface area contributed by atoms with E-state index >= 15 is 0 Å². The van der Waals surface area contributed by atoms with Gasteiger partial charge >= 0.3 is 6.18 Å². The Morgan fingerprint density at radius 3 is 2.40 bits per heavy atom. The van der Waals surface area contributed by atoms with E-state index in [0.717, 1.165) is 26.6 Å². The van der Waals surface area contributed by atoms with Crippen molar-refractivity contribution in [1.29, 1.82) is 5.26 Å². The number of halogens is 5. The minimum Gasteiger partial charge on any atom is -0.508 e. The molecule has 0 spiro atoms. The van der Waals surface area contributed by atoms with Crippen molar-refractivity contribution in [2.24, 2.45) is 0 Å². The summed E-state index contributed by atoms with van der Waals surface area (Å²) >= 11 is 13.4. The summed E-state index contributed by atoms with van der Waals surface area (Å²) in [6.45, 7) is 1.64. The highest BCUT2D eigenvalue weighted by molar-refractivity contribution is 7.18. The second-order valence-corrected chi connectivity index (χ2v) is 9.65. The molecule has 0 saturated heterocycles. The van der Waals surface area contributed by atoms with Gasteiger partial charge in [0.1, 0.15) is 17.4 Å². The number of nitrogens with zero attached hydrogens (tertiary/aromatic N) is 2. The normalized spacial score (nSPS) is 11.5. The van der Waals surface area contributed by atoms with Crippen molar-refractivity contribution in [3.63, 3.8) is 0 Å². The van der Waals surface area contributed by atoms with E-state index in [0.29, 0.717) is 15.5 Å². The van der Waals surface area contributed by atoms with Gasteiger partial charge in [-0.2, -0.15) is 18.4 Å². The number of aromatic hydroxyl groups is 1. The van der Waals surface area contributed by atoms with Gasteiger partial charge in [-0.1, -0.05) is 29.3 Å². The quantitative estimate of drug-likeness (QED) is 0.294. The van der Waals surface area contributed by atoms with Crippen LogP contribution in [-0.2, 0) is 12.7 Å². The predicted octanol–water partition coefficient (Wildman–Crippen LogP) is 7.50. The Hall–Kier alpha value is -3.25. The number of nitriles is 1. The molecule has 35 heavy (non-hydrogen) atoms. The van der Waals surface area contributed by atoms with Gasteiger partial charge in [-0.3, -0.25) is 4.79 Å². The fraction of sp³-hybridized carbons (Fsp3) is 0.120. The molecule has 0 radical (unpaired) electrons. The predicted molar refractivity (Wildman–Crippen MR) is 131 cm³/mol. The Morgan fingerprint density at radius 2 is 1.77 bits per heavy atom. The van der Waals surface area contributed by atoms with Crippen LogP contribution in [0.4, 0.5) is 13.2 Å². The zero-order valence-corrected chi connectivity index (χ0v) is 20.3. The Bertz CT molecular complexity index is 1550. The average Bonchev–Trinajstić information content (AvgIpc) is 3.25. The van der Waals surface area contributed by atoms with Crippen molar-refractivity contribution in [1.82, 2.24) is 4.57 Å². The van der Waals surface area contributed by atoms with E-state index in [9.17, 15) is 28.3 Å². The molecule has 0 aliphatic heterocycles. The van der Waals surface area contributed by atoms with E-state index < -0.39 is 22.9 Å². The van der Waals surface area contributed by atoms with Crippen LogP contribution in [0.15, 0.2) is 59.4 Å². The van der Waals surface area contributed by atoms with E-state index in [1.807, 2.05) is 0 Å². The number of rotatable bonds is 4. The lowest BCUT2D eigenvalue weighted by molar-refractivity contribution is -0.137. The summed E-state index contributed by atoms with van der Waals surface area (Å²) in [6, 6.07) is 15.0. The van der Waals surface area contributed by atoms with Gasteiger partial charge in [0.2, 0.25) is 0 Å². The zero-order chi connectivity index (χ0) is 25.5. The van der Waals surface area contributed by atoms with Crippen LogP contribution in [0.25, 0.3) is 21.0 Å². The van der Waals surface area contributed by atoms with E-state index in [2.05, 4.69) is 0 Å². The molecule has 4 nitrogen and oxygen atoms in total. The smallest absolute Gasteiger partial charge is 0.417 e. The largest absolute Gasteiger partial charge is 0.508 e. The molecule has 2 heterocycles. The molecular weight excluding hydrogens is 520 g/mol. The van der Waals surface area contributed by atoms with Crippen LogP contribution in [-0.4, -0.2) is 9.67 Å². The summed E-state index contributed by atoms with van der Waals surface area (Å²) in [4.78, 5) is 14.3. The van der Waals surface area contributed by atoms with Gasteiger partial charge < -0.3 is 9.67 Å². The van der Waals surface area contributed by atoms with Crippen LogP contribution >= 0.6 is 34.5 Å². The third kappa shape index (κ3) is 4.94. The Morgan fingerprint density at radius 1 is 1.06 bits per heavy atom. The molecule has 1 N–H and O–H groups in total. The second-order valence-electron chi connectivity index (χ2n) is 7.72. The summed E-state index contributed by atoms with van der Waals surface area (Å²) in [7, 11) is 0. The molecule has 0 fully saturated rings. The number of hydrogen-bond donors (Lipinski definition) is 1. The standard InChI is InChI=1S/C25H15Cl2F3N2O2S/c1-13-8-16(33)4-5-17(13)22-6-7-23(35-22)21-10-19(25(28,29)30)18(11-31)24(34)32(21)12-14-2-3-15(26)9-20(14)27/h2-10,33H,12H2,1H3. The van der Waals surface area contributed by atoms with Crippen molar-refractivity contribution in [2.45, 2.75) is 19.6 Å². The lowest BCUT2D eigenvalue weighted by Crippen LogP contribution is -2.28. The van der Waals surface area contributed by atoms with E-state index in [1.165, 1.54) is 29.5 Å². The molecule has 2 aromatic carbocycles. The van der Waals surface area contributed by atoms with Crippen molar-refractivity contribution < 1.29 is 18.3 Å². The second kappa shape index (κ2) is 9.42. The molecule has 10 heteroatoms. The lowest BCUT2D eigenvalue weighted by atomic mass is 10.1. The monoisotopic (exact) mass is 534 g/mol. The molecule has 0 bridgehead atoms. The van der Waals surface area contributed by atoms with Crippen LogP contribution in [0.1, 0.15) is 22.3 Å². The van der Waals surface area contributed by atoms with Crippen LogP contribution in [0.2, 0.25) is 10.0 Å². The summed E-state index contributed by atoms with van der Waals surface area (Å²) in [5, 5.41) is 19.7. The number of hydrogen-bond acceptors (Lipinski definition) is 4. The summed E-state index contributed by atoms with van der Waals surface area (Å²) in [5.74, 6) is 0.0959. The highest BCUT2D eigenvalue weighted by atomic mass is 35.5. The SMILES string of the molecule is Cc1cc(O)ccc1-c1ccc(-c2cc(C(F)(F)F)c(C#N)c(=O)n2Cc2ccc(Cl)cc2Cl)s1. The van der Waals surface area contributed by atoms with Crippen molar-refractivity contribution in [3.8, 4) is 32.8 Å². The number of aromatic nitrogens is 1. The first-order valence-corrected chi connectivity index (χ1v) is 11.7. The molecular formula is C25H15Cl2F3N2O2S. The fourth-order valence-electron chi connectivity index (χ4n) is 3.70. The Kier molecular flexibility index (Phi) is 6.69. The molecule has 0 saturated carbocycles. The van der Waals surface area contributed by atoms with Gasteiger partial charge in [-0.15, -0.1) is 11.3 Å². The van der Waals surface area contributed by atoms with Gasteiger partial charge in [0.25, 0.3) is 5.56 Å². The van der Waals surface area contributed by atoms with Gasteiger partial charge in [-0.05, 0) is 72.1 Å². The summed E-state index contributed by atoms with van der Waals surface area (Å²) < 4.78 is 42.5. The van der Waals surface area contributed by atoms with Crippen LogP contribution in [0, 0.1) is 18.3 Å². The molecule has 2 aromatic heterocycles. The number of phenols is 1. The molecule has 0 aliphatic rings. The molecule has 178 valence electrons. The van der Waals surface area contributed by atoms with Crippen molar-refractivity contribution in [2.75, 3.05) is 0 Å². The maximum absolute atomic E-state index is 13.8. The van der Waals surface area contributed by atoms with E-state index in [1.54, 1.807) is 43.3 Å². The fourth-order valence-corrected chi connectivity index (χ4v) is 5.29. The number of aryl methyl sites for hydroxylation is 1. The first kappa shape index (κ1) is 24.9. The molecule has 0 amide bonds. The zero-order valence-electron chi connectivity index (χ0n) is 18.0. The molecule has 0 atom stereocenters. The maximum atomic E-state index is 13.8. The van der Waals surface area contributed by atoms with E-state index in [4.69, 9.17) is 23.2 Å². The van der Waals surface area contributed by atoms with Crippen LogP contribution < -0.4 is 5.56 Å². The molecule has 0 aliphatic carbocycles. The number of benzene rings is 2. The number of thiophene rings is 1. The molecule has 4 rings (SSSR count). The van der Waals surface area contributed by atoms with Gasteiger partial charge in [-0.25, -0.2) is 0 Å². The van der Waals surface area contributed by atoms with Gasteiger partial charge in [0.15, 0.2) is 0 Å². The van der Waals surface area contributed by atoms with Crippen LogP contribution in [0.5, 0.6) is 5.75 Å².